The maximum atomic E-state index is 13.6. The average molecular weight is 387 g/mol. The van der Waals surface area contributed by atoms with Gasteiger partial charge in [-0.15, -0.1) is 0 Å². The molecule has 1 saturated heterocycles. The molecule has 6 heteroatoms. The summed E-state index contributed by atoms with van der Waals surface area (Å²) < 4.78 is 15.4. The van der Waals surface area contributed by atoms with Crippen molar-refractivity contribution in [3.63, 3.8) is 0 Å². The number of aryl methyl sites for hydroxylation is 2. The zero-order valence-corrected chi connectivity index (χ0v) is 17.1. The van der Waals surface area contributed by atoms with Crippen molar-refractivity contribution in [1.82, 2.24) is 14.7 Å². The van der Waals surface area contributed by atoms with Gasteiger partial charge in [0.25, 0.3) is 0 Å². The predicted molar refractivity (Wildman–Crippen MR) is 110 cm³/mol. The number of anilines is 1. The fourth-order valence-corrected chi connectivity index (χ4v) is 4.13. The lowest BCUT2D eigenvalue weighted by molar-refractivity contribution is -0.135. The van der Waals surface area contributed by atoms with Crippen LogP contribution in [0.3, 0.4) is 0 Å². The Bertz CT molecular complexity index is 788. The van der Waals surface area contributed by atoms with Crippen LogP contribution in [0.15, 0.2) is 36.5 Å². The van der Waals surface area contributed by atoms with Crippen LogP contribution in [-0.4, -0.2) is 39.2 Å². The first-order chi connectivity index (χ1) is 13.4. The Labute approximate surface area is 166 Å². The molecular weight excluding hydrogens is 355 g/mol. The largest absolute Gasteiger partial charge is 0.380 e. The quantitative estimate of drug-likeness (QED) is 0.782. The van der Waals surface area contributed by atoms with Crippen LogP contribution in [0, 0.1) is 11.7 Å². The summed E-state index contributed by atoms with van der Waals surface area (Å²) in [4.78, 5) is 15.1. The van der Waals surface area contributed by atoms with E-state index in [1.165, 1.54) is 12.1 Å². The molecule has 1 N–H and O–H groups in total. The monoisotopic (exact) mass is 386 g/mol. The van der Waals surface area contributed by atoms with E-state index in [1.807, 2.05) is 23.9 Å². The van der Waals surface area contributed by atoms with E-state index < -0.39 is 0 Å². The normalized spacial score (nSPS) is 19.8. The Kier molecular flexibility index (Phi) is 6.70. The average Bonchev–Trinajstić information content (AvgIpc) is 3.05. The van der Waals surface area contributed by atoms with Crippen LogP contribution in [0.4, 0.5) is 10.1 Å². The summed E-state index contributed by atoms with van der Waals surface area (Å²) in [5.41, 5.74) is 1.85. The van der Waals surface area contributed by atoms with E-state index in [0.29, 0.717) is 18.8 Å². The summed E-state index contributed by atoms with van der Waals surface area (Å²) in [7, 11) is 1.90. The number of carbonyl (C=O) groups is 1. The smallest absolute Gasteiger partial charge is 0.223 e. The van der Waals surface area contributed by atoms with Crippen molar-refractivity contribution in [3.05, 3.63) is 48.0 Å². The van der Waals surface area contributed by atoms with Crippen molar-refractivity contribution >= 4 is 11.6 Å². The van der Waals surface area contributed by atoms with Crippen molar-refractivity contribution in [2.75, 3.05) is 11.9 Å². The minimum Gasteiger partial charge on any atom is -0.380 e. The summed E-state index contributed by atoms with van der Waals surface area (Å²) in [6, 6.07) is 8.80. The van der Waals surface area contributed by atoms with E-state index in [9.17, 15) is 9.18 Å². The SMILES string of the molecule is CC(C)C[C@@H]1[C@H](Nc2cccc(F)c2)CCCN1C(=O)CCc1ccnn1C. The van der Waals surface area contributed by atoms with Gasteiger partial charge in [-0.1, -0.05) is 19.9 Å². The molecule has 3 rings (SSSR count). The molecule has 1 aromatic carbocycles. The van der Waals surface area contributed by atoms with Gasteiger partial charge < -0.3 is 10.2 Å². The number of benzene rings is 1. The molecule has 28 heavy (non-hydrogen) atoms. The molecule has 1 aromatic heterocycles. The van der Waals surface area contributed by atoms with Crippen molar-refractivity contribution in [3.8, 4) is 0 Å². The second kappa shape index (κ2) is 9.22. The minimum atomic E-state index is -0.245. The summed E-state index contributed by atoms with van der Waals surface area (Å²) in [5, 5.41) is 7.67. The highest BCUT2D eigenvalue weighted by Gasteiger charge is 2.34. The molecule has 2 aromatic rings. The van der Waals surface area contributed by atoms with Gasteiger partial charge in [-0.25, -0.2) is 4.39 Å². The Hall–Kier alpha value is -2.37. The highest BCUT2D eigenvalue weighted by molar-refractivity contribution is 5.77. The van der Waals surface area contributed by atoms with Crippen LogP contribution in [0.1, 0.15) is 45.2 Å². The fraction of sp³-hybridized carbons (Fsp3) is 0.545. The molecule has 2 atom stereocenters. The first kappa shape index (κ1) is 20.4. The number of aromatic nitrogens is 2. The van der Waals surface area contributed by atoms with Crippen molar-refractivity contribution in [1.29, 1.82) is 0 Å². The number of likely N-dealkylation sites (tertiary alicyclic amines) is 1. The van der Waals surface area contributed by atoms with E-state index in [2.05, 4.69) is 29.2 Å². The second-order valence-electron chi connectivity index (χ2n) is 8.13. The number of amides is 1. The summed E-state index contributed by atoms with van der Waals surface area (Å²) >= 11 is 0. The van der Waals surface area contributed by atoms with Gasteiger partial charge >= 0.3 is 0 Å². The Balaban J connectivity index is 1.71. The molecule has 5 nitrogen and oxygen atoms in total. The van der Waals surface area contributed by atoms with Gasteiger partial charge in [-0.05, 0) is 55.9 Å². The Morgan fingerprint density at radius 3 is 2.86 bits per heavy atom. The van der Waals surface area contributed by atoms with E-state index in [0.717, 1.165) is 37.2 Å². The van der Waals surface area contributed by atoms with E-state index in [-0.39, 0.29) is 23.8 Å². The molecule has 152 valence electrons. The van der Waals surface area contributed by atoms with Crippen molar-refractivity contribution in [2.45, 2.75) is 58.0 Å². The van der Waals surface area contributed by atoms with Crippen LogP contribution < -0.4 is 5.32 Å². The predicted octanol–water partition coefficient (Wildman–Crippen LogP) is 4.01. The number of halogens is 1. The molecule has 1 fully saturated rings. The molecule has 0 spiro atoms. The van der Waals surface area contributed by atoms with Gasteiger partial charge in [0, 0.05) is 43.6 Å². The van der Waals surface area contributed by atoms with E-state index in [1.54, 1.807) is 12.3 Å². The highest BCUT2D eigenvalue weighted by Crippen LogP contribution is 2.27. The minimum absolute atomic E-state index is 0.121. The molecule has 0 bridgehead atoms. The zero-order chi connectivity index (χ0) is 20.1. The summed E-state index contributed by atoms with van der Waals surface area (Å²) in [6.45, 7) is 5.17. The summed E-state index contributed by atoms with van der Waals surface area (Å²) in [6.07, 6.45) is 5.83. The van der Waals surface area contributed by atoms with Gasteiger partial charge in [-0.2, -0.15) is 5.10 Å². The Morgan fingerprint density at radius 1 is 1.36 bits per heavy atom. The molecule has 1 aliphatic rings. The van der Waals surface area contributed by atoms with Gasteiger partial charge in [0.1, 0.15) is 5.82 Å². The number of hydrogen-bond acceptors (Lipinski definition) is 3. The lowest BCUT2D eigenvalue weighted by atomic mass is 9.89. The van der Waals surface area contributed by atoms with Gasteiger partial charge in [0.15, 0.2) is 0 Å². The number of carbonyl (C=O) groups excluding carboxylic acids is 1. The number of rotatable bonds is 7. The van der Waals surface area contributed by atoms with Crippen LogP contribution >= 0.6 is 0 Å². The van der Waals surface area contributed by atoms with Gasteiger partial charge in [0.2, 0.25) is 5.91 Å². The number of nitrogens with one attached hydrogen (secondary N) is 1. The van der Waals surface area contributed by atoms with Gasteiger partial charge in [-0.3, -0.25) is 9.48 Å². The zero-order valence-electron chi connectivity index (χ0n) is 17.1. The van der Waals surface area contributed by atoms with E-state index in [4.69, 9.17) is 0 Å². The topological polar surface area (TPSA) is 50.2 Å². The maximum absolute atomic E-state index is 13.6. The number of hydrogen-bond donors (Lipinski definition) is 1. The molecule has 0 radical (unpaired) electrons. The van der Waals surface area contributed by atoms with Gasteiger partial charge in [0.05, 0.1) is 6.04 Å². The lowest BCUT2D eigenvalue weighted by Gasteiger charge is -2.43. The van der Waals surface area contributed by atoms with Crippen molar-refractivity contribution in [2.24, 2.45) is 13.0 Å². The maximum Gasteiger partial charge on any atom is 0.223 e. The number of piperidine rings is 1. The molecule has 2 heterocycles. The van der Waals surface area contributed by atoms with Crippen LogP contribution in [0.5, 0.6) is 0 Å². The third kappa shape index (κ3) is 5.12. The fourth-order valence-electron chi connectivity index (χ4n) is 4.13. The van der Waals surface area contributed by atoms with Crippen LogP contribution in [-0.2, 0) is 18.3 Å². The molecule has 1 amide bonds. The van der Waals surface area contributed by atoms with Crippen LogP contribution in [0.2, 0.25) is 0 Å². The first-order valence-corrected chi connectivity index (χ1v) is 10.2. The van der Waals surface area contributed by atoms with E-state index >= 15 is 0 Å². The number of nitrogens with zero attached hydrogens (tertiary/aromatic N) is 3. The highest BCUT2D eigenvalue weighted by atomic mass is 19.1. The molecule has 1 aliphatic heterocycles. The molecule has 0 saturated carbocycles. The first-order valence-electron chi connectivity index (χ1n) is 10.2. The molecule has 0 unspecified atom stereocenters. The van der Waals surface area contributed by atoms with Crippen LogP contribution in [0.25, 0.3) is 0 Å². The molecular formula is C22H31FN4O. The summed E-state index contributed by atoms with van der Waals surface area (Å²) in [5.74, 6) is 0.426. The third-order valence-corrected chi connectivity index (χ3v) is 5.51. The lowest BCUT2D eigenvalue weighted by Crippen LogP contribution is -2.54. The standard InChI is InChI=1S/C22H31FN4O/c1-16(2)14-21-20(25-18-7-4-6-17(23)15-18)8-5-13-27(21)22(28)10-9-19-11-12-24-26(19)3/h4,6-7,11-12,15-16,20-21,25H,5,8-10,13-14H2,1-3H3/t20-,21-/m1/s1. The molecule has 0 aliphatic carbocycles. The third-order valence-electron chi connectivity index (χ3n) is 5.51. The van der Waals surface area contributed by atoms with Crippen molar-refractivity contribution < 1.29 is 9.18 Å². The second-order valence-corrected chi connectivity index (χ2v) is 8.13. The Morgan fingerprint density at radius 2 is 2.18 bits per heavy atom.